The minimum absolute atomic E-state index is 0.00879. The lowest BCUT2D eigenvalue weighted by molar-refractivity contribution is 0.0745. The number of fused-ring (bicyclic) bond motifs is 2. The van der Waals surface area contributed by atoms with E-state index in [9.17, 15) is 14.0 Å². The second-order valence-corrected chi connectivity index (χ2v) is 8.76. The zero-order valence-corrected chi connectivity index (χ0v) is 20.2. The van der Waals surface area contributed by atoms with Crippen molar-refractivity contribution >= 4 is 28.7 Å². The van der Waals surface area contributed by atoms with Gasteiger partial charge in [-0.3, -0.25) is 9.59 Å². The van der Waals surface area contributed by atoms with Crippen LogP contribution >= 0.6 is 0 Å². The number of carbonyl (C=O) groups is 2. The lowest BCUT2D eigenvalue weighted by Gasteiger charge is -2.21. The summed E-state index contributed by atoms with van der Waals surface area (Å²) in [4.78, 5) is 38.7. The van der Waals surface area contributed by atoms with Gasteiger partial charge in [-0.25, -0.2) is 14.4 Å². The quantitative estimate of drug-likeness (QED) is 0.446. The van der Waals surface area contributed by atoms with Gasteiger partial charge in [0, 0.05) is 31.6 Å². The van der Waals surface area contributed by atoms with Gasteiger partial charge in [-0.15, -0.1) is 0 Å². The van der Waals surface area contributed by atoms with Crippen molar-refractivity contribution in [2.75, 3.05) is 18.8 Å². The highest BCUT2D eigenvalue weighted by atomic mass is 19.1. The van der Waals surface area contributed by atoms with Crippen molar-refractivity contribution in [3.05, 3.63) is 88.9 Å². The first-order chi connectivity index (χ1) is 17.4. The van der Waals surface area contributed by atoms with Crippen molar-refractivity contribution < 1.29 is 14.0 Å². The van der Waals surface area contributed by atoms with Gasteiger partial charge in [0.1, 0.15) is 11.5 Å². The van der Waals surface area contributed by atoms with E-state index in [2.05, 4.69) is 9.97 Å². The molecule has 0 radical (unpaired) electrons. The van der Waals surface area contributed by atoms with Gasteiger partial charge < -0.3 is 15.5 Å². The van der Waals surface area contributed by atoms with Crippen LogP contribution in [0.1, 0.15) is 45.8 Å². The fourth-order valence-corrected chi connectivity index (χ4v) is 4.73. The molecule has 0 unspecified atom stereocenters. The number of anilines is 1. The molecule has 0 aliphatic carbocycles. The van der Waals surface area contributed by atoms with Crippen molar-refractivity contribution in [2.24, 2.45) is 0 Å². The van der Waals surface area contributed by atoms with E-state index in [-0.39, 0.29) is 29.0 Å². The molecule has 0 saturated carbocycles. The van der Waals surface area contributed by atoms with Gasteiger partial charge in [0.05, 0.1) is 11.1 Å². The molecule has 1 aliphatic rings. The van der Waals surface area contributed by atoms with Gasteiger partial charge in [0.2, 0.25) is 5.95 Å². The van der Waals surface area contributed by atoms with Crippen LogP contribution in [0.5, 0.6) is 0 Å². The minimum atomic E-state index is -0.490. The average molecular weight is 484 g/mol. The Labute approximate surface area is 208 Å². The van der Waals surface area contributed by atoms with Crippen molar-refractivity contribution in [1.82, 2.24) is 19.8 Å². The van der Waals surface area contributed by atoms with Crippen LogP contribution in [-0.4, -0.2) is 44.7 Å². The molecule has 0 atom stereocenters. The molecule has 182 valence electrons. The molecule has 0 fully saturated rings. The summed E-state index contributed by atoms with van der Waals surface area (Å²) in [7, 11) is 0. The van der Waals surface area contributed by atoms with Crippen molar-refractivity contribution in [1.29, 1.82) is 0 Å². The minimum Gasteiger partial charge on any atom is -0.368 e. The Morgan fingerprint density at radius 1 is 0.972 bits per heavy atom. The summed E-state index contributed by atoms with van der Waals surface area (Å²) in [6.07, 6.45) is 0. The molecule has 2 N–H and O–H groups in total. The van der Waals surface area contributed by atoms with E-state index < -0.39 is 5.82 Å². The van der Waals surface area contributed by atoms with Crippen LogP contribution < -0.4 is 5.73 Å². The highest BCUT2D eigenvalue weighted by molar-refractivity contribution is 6.07. The van der Waals surface area contributed by atoms with Crippen LogP contribution in [0.4, 0.5) is 10.3 Å². The highest BCUT2D eigenvalue weighted by Gasteiger charge is 2.27. The summed E-state index contributed by atoms with van der Waals surface area (Å²) >= 11 is 0. The third-order valence-electron chi connectivity index (χ3n) is 6.62. The number of nitrogen functional groups attached to an aromatic ring is 1. The Kier molecular flexibility index (Phi) is 6.10. The van der Waals surface area contributed by atoms with Crippen molar-refractivity contribution in [2.45, 2.75) is 26.9 Å². The standard InChI is InChI=1S/C28H26FN5O2/c1-3-33(4-2)26(35)22-14-20(29)10-11-21(22)17-9-12-24-23(13-17)25(32-28(30)31-24)27(36)34-15-18-7-5-6-8-19(18)16-34/h5-14H,3-4,15-16H2,1-2H3,(H2,30,31,32). The zero-order chi connectivity index (χ0) is 25.4. The number of nitrogens with two attached hydrogens (primary N) is 1. The van der Waals surface area contributed by atoms with E-state index in [1.165, 1.54) is 12.1 Å². The summed E-state index contributed by atoms with van der Waals surface area (Å²) < 4.78 is 14.2. The van der Waals surface area contributed by atoms with Crippen LogP contribution in [0, 0.1) is 5.82 Å². The third kappa shape index (κ3) is 4.15. The van der Waals surface area contributed by atoms with Crippen LogP contribution in [0.15, 0.2) is 60.7 Å². The van der Waals surface area contributed by atoms with E-state index in [1.807, 2.05) is 38.1 Å². The molecule has 4 aromatic rings. The lowest BCUT2D eigenvalue weighted by atomic mass is 9.96. The summed E-state index contributed by atoms with van der Waals surface area (Å²) in [5, 5.41) is 0.521. The lowest BCUT2D eigenvalue weighted by Crippen LogP contribution is -2.31. The molecular formula is C28H26FN5O2. The molecule has 8 heteroatoms. The molecule has 3 aromatic carbocycles. The maximum atomic E-state index is 14.2. The van der Waals surface area contributed by atoms with Gasteiger partial charge in [-0.2, -0.15) is 0 Å². The number of amides is 2. The number of carbonyl (C=O) groups excluding carboxylic acids is 2. The van der Waals surface area contributed by atoms with E-state index in [0.717, 1.165) is 11.1 Å². The summed E-state index contributed by atoms with van der Waals surface area (Å²) in [5.41, 5.74) is 10.4. The Morgan fingerprint density at radius 3 is 2.33 bits per heavy atom. The molecule has 2 heterocycles. The number of aromatic nitrogens is 2. The van der Waals surface area contributed by atoms with Crippen molar-refractivity contribution in [3.63, 3.8) is 0 Å². The number of hydrogen-bond acceptors (Lipinski definition) is 5. The van der Waals surface area contributed by atoms with Crippen molar-refractivity contribution in [3.8, 4) is 11.1 Å². The number of rotatable bonds is 5. The first-order valence-electron chi connectivity index (χ1n) is 11.9. The number of benzene rings is 3. The first-order valence-corrected chi connectivity index (χ1v) is 11.9. The normalized spacial score (nSPS) is 12.6. The third-order valence-corrected chi connectivity index (χ3v) is 6.62. The van der Waals surface area contributed by atoms with E-state index in [4.69, 9.17) is 5.73 Å². The molecule has 1 aliphatic heterocycles. The fourth-order valence-electron chi connectivity index (χ4n) is 4.73. The van der Waals surface area contributed by atoms with E-state index >= 15 is 0 Å². The molecule has 36 heavy (non-hydrogen) atoms. The number of halogens is 1. The predicted octanol–water partition coefficient (Wildman–Crippen LogP) is 4.66. The zero-order valence-electron chi connectivity index (χ0n) is 20.2. The monoisotopic (exact) mass is 483 g/mol. The molecule has 1 aromatic heterocycles. The second-order valence-electron chi connectivity index (χ2n) is 8.76. The van der Waals surface area contributed by atoms with Gasteiger partial charge in [-0.1, -0.05) is 36.4 Å². The molecule has 0 bridgehead atoms. The molecule has 0 spiro atoms. The average Bonchev–Trinajstić information content (AvgIpc) is 3.32. The summed E-state index contributed by atoms with van der Waals surface area (Å²) in [6, 6.07) is 17.4. The Balaban J connectivity index is 1.60. The maximum Gasteiger partial charge on any atom is 0.273 e. The predicted molar refractivity (Wildman–Crippen MR) is 137 cm³/mol. The fraction of sp³-hybridized carbons (Fsp3) is 0.214. The van der Waals surface area contributed by atoms with Gasteiger partial charge >= 0.3 is 0 Å². The molecular weight excluding hydrogens is 457 g/mol. The number of nitrogens with zero attached hydrogens (tertiary/aromatic N) is 4. The molecule has 0 saturated heterocycles. The Bertz CT molecular complexity index is 1470. The molecule has 2 amide bonds. The van der Waals surface area contributed by atoms with Crippen LogP contribution in [0.3, 0.4) is 0 Å². The smallest absolute Gasteiger partial charge is 0.273 e. The second kappa shape index (κ2) is 9.37. The Morgan fingerprint density at radius 2 is 1.67 bits per heavy atom. The molecule has 5 rings (SSSR count). The van der Waals surface area contributed by atoms with Crippen LogP contribution in [0.25, 0.3) is 22.0 Å². The highest BCUT2D eigenvalue weighted by Crippen LogP contribution is 2.31. The Hall–Kier alpha value is -4.33. The summed E-state index contributed by atoms with van der Waals surface area (Å²) in [5.74, 6) is -0.986. The molecule has 7 nitrogen and oxygen atoms in total. The van der Waals surface area contributed by atoms with Crippen LogP contribution in [-0.2, 0) is 13.1 Å². The van der Waals surface area contributed by atoms with Crippen LogP contribution in [0.2, 0.25) is 0 Å². The topological polar surface area (TPSA) is 92.4 Å². The summed E-state index contributed by atoms with van der Waals surface area (Å²) in [6.45, 7) is 5.75. The van der Waals surface area contributed by atoms with E-state index in [0.29, 0.717) is 48.2 Å². The number of hydrogen-bond donors (Lipinski definition) is 1. The maximum absolute atomic E-state index is 14.2. The van der Waals surface area contributed by atoms with E-state index in [1.54, 1.807) is 34.1 Å². The largest absolute Gasteiger partial charge is 0.368 e. The SMILES string of the molecule is CCN(CC)C(=O)c1cc(F)ccc1-c1ccc2nc(N)nc(C(=O)N3Cc4ccccc4C3)c2c1. The van der Waals surface area contributed by atoms with Gasteiger partial charge in [0.15, 0.2) is 0 Å². The van der Waals surface area contributed by atoms with Gasteiger partial charge in [0.25, 0.3) is 11.8 Å². The first kappa shape index (κ1) is 23.4. The van der Waals surface area contributed by atoms with Gasteiger partial charge in [-0.05, 0) is 60.4 Å².